The molecule has 27 heavy (non-hydrogen) atoms. The van der Waals surface area contributed by atoms with E-state index in [0.29, 0.717) is 16.1 Å². The number of nitrogens with one attached hydrogen (secondary N) is 1. The minimum Gasteiger partial charge on any atom is -0.352 e. The molecule has 1 aliphatic rings. The van der Waals surface area contributed by atoms with Crippen LogP contribution in [0.15, 0.2) is 34.7 Å². The number of carbonyl (C=O) groups is 1. The van der Waals surface area contributed by atoms with Gasteiger partial charge in [0.2, 0.25) is 5.91 Å². The van der Waals surface area contributed by atoms with Crippen LogP contribution in [0.4, 0.5) is 0 Å². The molecule has 1 aliphatic carbocycles. The number of thiophene rings is 1. The molecule has 6 heteroatoms. The van der Waals surface area contributed by atoms with Gasteiger partial charge in [0.1, 0.15) is 11.4 Å². The van der Waals surface area contributed by atoms with E-state index in [4.69, 9.17) is 0 Å². The molecule has 3 aromatic rings. The molecule has 1 aromatic carbocycles. The van der Waals surface area contributed by atoms with Gasteiger partial charge in [-0.2, -0.15) is 0 Å². The quantitative estimate of drug-likeness (QED) is 0.734. The van der Waals surface area contributed by atoms with Gasteiger partial charge in [0.15, 0.2) is 0 Å². The van der Waals surface area contributed by atoms with Crippen molar-refractivity contribution in [2.75, 3.05) is 0 Å². The van der Waals surface area contributed by atoms with Crippen molar-refractivity contribution in [3.8, 4) is 11.1 Å². The molecule has 1 N–H and O–H groups in total. The van der Waals surface area contributed by atoms with Crippen molar-refractivity contribution in [2.45, 2.75) is 46.2 Å². The number of hydrogen-bond donors (Lipinski definition) is 1. The molecule has 4 rings (SSSR count). The minimum absolute atomic E-state index is 0.00104. The van der Waals surface area contributed by atoms with Gasteiger partial charge in [-0.15, -0.1) is 11.3 Å². The van der Waals surface area contributed by atoms with Gasteiger partial charge in [0.05, 0.1) is 11.7 Å². The summed E-state index contributed by atoms with van der Waals surface area (Å²) in [5.41, 5.74) is 4.13. The first kappa shape index (κ1) is 17.9. The maximum absolute atomic E-state index is 13.1. The number of amides is 1. The van der Waals surface area contributed by atoms with E-state index in [1.807, 2.05) is 18.4 Å². The van der Waals surface area contributed by atoms with Crippen molar-refractivity contribution in [1.29, 1.82) is 0 Å². The fourth-order valence-corrected chi connectivity index (χ4v) is 4.28. The number of carbonyl (C=O) groups excluding carboxylic acids is 1. The number of hydrogen-bond acceptors (Lipinski definition) is 4. The molecule has 2 heterocycles. The monoisotopic (exact) mass is 381 g/mol. The second-order valence-electron chi connectivity index (χ2n) is 7.50. The Balaban J connectivity index is 1.67. The zero-order chi connectivity index (χ0) is 19.1. The number of aromatic nitrogens is 2. The van der Waals surface area contributed by atoms with Crippen molar-refractivity contribution in [1.82, 2.24) is 14.9 Å². The minimum atomic E-state index is -0.163. The van der Waals surface area contributed by atoms with E-state index in [1.165, 1.54) is 46.2 Å². The number of rotatable bonds is 5. The number of nitrogens with zero attached hydrogens (tertiary/aromatic N) is 2. The van der Waals surface area contributed by atoms with Crippen LogP contribution in [0, 0.1) is 19.8 Å². The Morgan fingerprint density at radius 2 is 2.11 bits per heavy atom. The highest BCUT2D eigenvalue weighted by Gasteiger charge is 2.29. The summed E-state index contributed by atoms with van der Waals surface area (Å²) in [4.78, 5) is 30.5. The predicted molar refractivity (Wildman–Crippen MR) is 109 cm³/mol. The summed E-state index contributed by atoms with van der Waals surface area (Å²) in [6.07, 6.45) is 3.82. The lowest BCUT2D eigenvalue weighted by Gasteiger charge is -2.13. The van der Waals surface area contributed by atoms with Gasteiger partial charge in [0.25, 0.3) is 5.56 Å². The second-order valence-corrected chi connectivity index (χ2v) is 8.36. The molecule has 2 aromatic heterocycles. The summed E-state index contributed by atoms with van der Waals surface area (Å²) in [5, 5.41) is 5.56. The van der Waals surface area contributed by atoms with Gasteiger partial charge in [-0.25, -0.2) is 4.98 Å². The fraction of sp³-hybridized carbons (Fsp3) is 0.381. The molecule has 1 amide bonds. The smallest absolute Gasteiger partial charge is 0.263 e. The fourth-order valence-electron chi connectivity index (χ4n) is 3.37. The third-order valence-corrected chi connectivity index (χ3v) is 6.30. The maximum atomic E-state index is 13.1. The Labute approximate surface area is 162 Å². The van der Waals surface area contributed by atoms with Gasteiger partial charge in [0, 0.05) is 17.0 Å². The van der Waals surface area contributed by atoms with Crippen LogP contribution in [0.5, 0.6) is 0 Å². The van der Waals surface area contributed by atoms with E-state index in [2.05, 4.69) is 36.3 Å². The number of benzene rings is 1. The molecule has 1 atom stereocenters. The first-order valence-corrected chi connectivity index (χ1v) is 10.2. The lowest BCUT2D eigenvalue weighted by atomic mass is 10.0. The van der Waals surface area contributed by atoms with E-state index in [0.717, 1.165) is 11.1 Å². The number of aryl methyl sites for hydroxylation is 2. The average Bonchev–Trinajstić information content (AvgIpc) is 3.39. The van der Waals surface area contributed by atoms with Gasteiger partial charge in [-0.1, -0.05) is 18.2 Å². The van der Waals surface area contributed by atoms with Crippen molar-refractivity contribution in [3.63, 3.8) is 0 Å². The van der Waals surface area contributed by atoms with Crippen molar-refractivity contribution in [2.24, 2.45) is 5.92 Å². The van der Waals surface area contributed by atoms with E-state index in [9.17, 15) is 9.59 Å². The van der Waals surface area contributed by atoms with Crippen molar-refractivity contribution >= 4 is 27.5 Å². The molecule has 0 aliphatic heterocycles. The molecule has 140 valence electrons. The third kappa shape index (κ3) is 3.54. The summed E-state index contributed by atoms with van der Waals surface area (Å²) in [6, 6.07) is 6.36. The average molecular weight is 382 g/mol. The standard InChI is InChI=1S/C21H23N3O2S/c1-12-4-5-16(8-13(12)2)17-10-27-20-19(17)21(26)24(11-22-20)9-18(25)23-14(3)15-6-7-15/h4-5,8,10-11,14-15H,6-7,9H2,1-3H3,(H,23,25). The van der Waals surface area contributed by atoms with E-state index < -0.39 is 0 Å². The van der Waals surface area contributed by atoms with Crippen LogP contribution >= 0.6 is 11.3 Å². The molecule has 0 radical (unpaired) electrons. The third-order valence-electron chi connectivity index (χ3n) is 5.41. The van der Waals surface area contributed by atoms with Gasteiger partial charge in [-0.3, -0.25) is 14.2 Å². The maximum Gasteiger partial charge on any atom is 0.263 e. The summed E-state index contributed by atoms with van der Waals surface area (Å²) in [6.45, 7) is 6.16. The van der Waals surface area contributed by atoms with Crippen LogP contribution < -0.4 is 10.9 Å². The van der Waals surface area contributed by atoms with E-state index in [1.54, 1.807) is 0 Å². The van der Waals surface area contributed by atoms with E-state index in [-0.39, 0.29) is 24.1 Å². The van der Waals surface area contributed by atoms with Crippen LogP contribution in [0.1, 0.15) is 30.9 Å². The summed E-state index contributed by atoms with van der Waals surface area (Å²) in [5.74, 6) is 0.445. The van der Waals surface area contributed by atoms with Crippen LogP contribution in [-0.2, 0) is 11.3 Å². The zero-order valence-electron chi connectivity index (χ0n) is 15.8. The Morgan fingerprint density at radius 1 is 1.33 bits per heavy atom. The lowest BCUT2D eigenvalue weighted by Crippen LogP contribution is -2.38. The molecule has 1 unspecified atom stereocenters. The normalized spacial score (nSPS) is 15.1. The molecule has 5 nitrogen and oxygen atoms in total. The summed E-state index contributed by atoms with van der Waals surface area (Å²) in [7, 11) is 0. The van der Waals surface area contributed by atoms with Crippen LogP contribution in [-0.4, -0.2) is 21.5 Å². The molecule has 0 spiro atoms. The van der Waals surface area contributed by atoms with Gasteiger partial charge >= 0.3 is 0 Å². The lowest BCUT2D eigenvalue weighted by molar-refractivity contribution is -0.122. The summed E-state index contributed by atoms with van der Waals surface area (Å²) >= 11 is 1.46. The molecule has 1 saturated carbocycles. The Hall–Kier alpha value is -2.47. The van der Waals surface area contributed by atoms with Crippen molar-refractivity contribution in [3.05, 3.63) is 51.4 Å². The topological polar surface area (TPSA) is 64.0 Å². The SMILES string of the molecule is Cc1ccc(-c2csc3ncn(CC(=O)NC(C)C4CC4)c(=O)c23)cc1C. The first-order chi connectivity index (χ1) is 12.9. The highest BCUT2D eigenvalue weighted by atomic mass is 32.1. The van der Waals surface area contributed by atoms with Crippen LogP contribution in [0.25, 0.3) is 21.3 Å². The first-order valence-electron chi connectivity index (χ1n) is 9.27. The van der Waals surface area contributed by atoms with Crippen molar-refractivity contribution < 1.29 is 4.79 Å². The second kappa shape index (κ2) is 6.93. The van der Waals surface area contributed by atoms with Gasteiger partial charge in [-0.05, 0) is 56.2 Å². The Kier molecular flexibility index (Phi) is 4.60. The summed E-state index contributed by atoms with van der Waals surface area (Å²) < 4.78 is 1.41. The highest BCUT2D eigenvalue weighted by molar-refractivity contribution is 7.17. The largest absolute Gasteiger partial charge is 0.352 e. The molecule has 0 saturated heterocycles. The van der Waals surface area contributed by atoms with Gasteiger partial charge < -0.3 is 5.32 Å². The highest BCUT2D eigenvalue weighted by Crippen LogP contribution is 2.32. The van der Waals surface area contributed by atoms with Crippen LogP contribution in [0.2, 0.25) is 0 Å². The molecular weight excluding hydrogens is 358 g/mol. The Morgan fingerprint density at radius 3 is 2.81 bits per heavy atom. The van der Waals surface area contributed by atoms with E-state index >= 15 is 0 Å². The molecule has 0 bridgehead atoms. The predicted octanol–water partition coefficient (Wildman–Crippen LogP) is 3.66. The molecular formula is C21H23N3O2S. The number of fused-ring (bicyclic) bond motifs is 1. The van der Waals surface area contributed by atoms with Crippen LogP contribution in [0.3, 0.4) is 0 Å². The zero-order valence-corrected chi connectivity index (χ0v) is 16.6. The molecule has 1 fully saturated rings. The Bertz CT molecular complexity index is 1080.